The molecular weight excluding hydrogens is 400 g/mol. The molecule has 156 valence electrons. The molecule has 0 N–H and O–H groups in total. The molecule has 0 atom stereocenters. The Morgan fingerprint density at radius 1 is 0.900 bits per heavy atom. The van der Waals surface area contributed by atoms with Gasteiger partial charge in [0.05, 0.1) is 17.7 Å². The monoisotopic (exact) mass is 424 g/mol. The van der Waals surface area contributed by atoms with Crippen molar-refractivity contribution in [2.45, 2.75) is 11.8 Å². The van der Waals surface area contributed by atoms with Gasteiger partial charge in [0.1, 0.15) is 5.75 Å². The minimum absolute atomic E-state index is 0.0886. The van der Waals surface area contributed by atoms with Crippen LogP contribution in [0.1, 0.15) is 15.9 Å². The van der Waals surface area contributed by atoms with Crippen LogP contribution in [0.5, 0.6) is 5.75 Å². The Morgan fingerprint density at radius 2 is 1.57 bits per heavy atom. The Kier molecular flexibility index (Phi) is 6.12. The molecule has 6 nitrogen and oxygen atoms in total. The second kappa shape index (κ2) is 8.59. The number of aryl methyl sites for hydroxylation is 1. The lowest BCUT2D eigenvalue weighted by Gasteiger charge is -2.22. The summed E-state index contributed by atoms with van der Waals surface area (Å²) >= 11 is 0. The molecule has 0 fully saturated rings. The zero-order valence-corrected chi connectivity index (χ0v) is 18.2. The maximum atomic E-state index is 13.0. The zero-order chi connectivity index (χ0) is 21.9. The normalized spacial score (nSPS) is 11.1. The summed E-state index contributed by atoms with van der Waals surface area (Å²) in [6.45, 7) is 1.96. The van der Waals surface area contributed by atoms with Gasteiger partial charge in [0, 0.05) is 25.3 Å². The highest BCUT2D eigenvalue weighted by atomic mass is 32.2. The second-order valence-electron chi connectivity index (χ2n) is 6.87. The Balaban J connectivity index is 1.86. The molecule has 0 spiro atoms. The van der Waals surface area contributed by atoms with E-state index < -0.39 is 10.0 Å². The van der Waals surface area contributed by atoms with Crippen LogP contribution in [-0.2, 0) is 10.0 Å². The molecule has 0 aliphatic rings. The van der Waals surface area contributed by atoms with Crippen LogP contribution in [0.15, 0.2) is 77.7 Å². The lowest BCUT2D eigenvalue weighted by Crippen LogP contribution is -2.28. The number of benzene rings is 3. The third-order valence-corrected chi connectivity index (χ3v) is 6.66. The van der Waals surface area contributed by atoms with E-state index in [4.69, 9.17) is 4.74 Å². The minimum atomic E-state index is -3.82. The molecule has 0 aliphatic carbocycles. The molecule has 0 saturated heterocycles. The molecule has 7 heteroatoms. The number of hydrogen-bond acceptors (Lipinski definition) is 4. The van der Waals surface area contributed by atoms with E-state index in [0.717, 1.165) is 11.3 Å². The molecule has 0 unspecified atom stereocenters. The highest BCUT2D eigenvalue weighted by Gasteiger charge is 2.24. The number of hydrogen-bond donors (Lipinski definition) is 0. The van der Waals surface area contributed by atoms with Crippen molar-refractivity contribution >= 4 is 27.3 Å². The zero-order valence-electron chi connectivity index (χ0n) is 17.4. The Labute approximate surface area is 177 Å². The van der Waals surface area contributed by atoms with Crippen molar-refractivity contribution in [1.29, 1.82) is 0 Å². The third-order valence-electron chi connectivity index (χ3n) is 4.88. The van der Waals surface area contributed by atoms with Gasteiger partial charge in [-0.25, -0.2) is 8.42 Å². The van der Waals surface area contributed by atoms with Crippen molar-refractivity contribution in [2.75, 3.05) is 30.4 Å². The Bertz CT molecular complexity index is 1160. The van der Waals surface area contributed by atoms with Crippen LogP contribution >= 0.6 is 0 Å². The third kappa shape index (κ3) is 4.16. The first kappa shape index (κ1) is 21.4. The largest absolute Gasteiger partial charge is 0.495 e. The quantitative estimate of drug-likeness (QED) is 0.597. The minimum Gasteiger partial charge on any atom is -0.495 e. The average molecular weight is 425 g/mol. The van der Waals surface area contributed by atoms with E-state index in [1.54, 1.807) is 31.3 Å². The fraction of sp³-hybridized carbons (Fsp3) is 0.174. The molecule has 0 aliphatic heterocycles. The van der Waals surface area contributed by atoms with Crippen LogP contribution in [0.3, 0.4) is 0 Å². The fourth-order valence-corrected chi connectivity index (χ4v) is 4.30. The Hall–Kier alpha value is -3.32. The SMILES string of the molecule is COc1ccccc1N(C)S(=O)(=O)c1ccc(C(=O)N(C)c2cccc(C)c2)cc1. The van der Waals surface area contributed by atoms with Crippen LogP contribution in [0.2, 0.25) is 0 Å². The number of anilines is 2. The summed E-state index contributed by atoms with van der Waals surface area (Å²) in [6.07, 6.45) is 0. The van der Waals surface area contributed by atoms with E-state index in [-0.39, 0.29) is 10.8 Å². The van der Waals surface area contributed by atoms with Crippen LogP contribution in [-0.4, -0.2) is 35.5 Å². The number of sulfonamides is 1. The van der Waals surface area contributed by atoms with Gasteiger partial charge in [0.15, 0.2) is 0 Å². The molecule has 30 heavy (non-hydrogen) atoms. The average Bonchev–Trinajstić information content (AvgIpc) is 2.77. The highest BCUT2D eigenvalue weighted by molar-refractivity contribution is 7.92. The van der Waals surface area contributed by atoms with E-state index in [1.807, 2.05) is 31.2 Å². The van der Waals surface area contributed by atoms with Crippen molar-refractivity contribution in [1.82, 2.24) is 0 Å². The number of amides is 1. The number of para-hydroxylation sites is 2. The Morgan fingerprint density at radius 3 is 2.20 bits per heavy atom. The second-order valence-corrected chi connectivity index (χ2v) is 8.84. The van der Waals surface area contributed by atoms with Gasteiger partial charge >= 0.3 is 0 Å². The maximum Gasteiger partial charge on any atom is 0.264 e. The van der Waals surface area contributed by atoms with Gasteiger partial charge in [-0.2, -0.15) is 0 Å². The molecule has 0 saturated carbocycles. The van der Waals surface area contributed by atoms with Crippen LogP contribution < -0.4 is 13.9 Å². The highest BCUT2D eigenvalue weighted by Crippen LogP contribution is 2.31. The molecule has 3 aromatic carbocycles. The predicted octanol–water partition coefficient (Wildman–Crippen LogP) is 4.11. The van der Waals surface area contributed by atoms with E-state index in [0.29, 0.717) is 17.0 Å². The topological polar surface area (TPSA) is 66.9 Å². The van der Waals surface area contributed by atoms with Crippen molar-refractivity contribution in [3.8, 4) is 5.75 Å². The maximum absolute atomic E-state index is 13.0. The van der Waals surface area contributed by atoms with Gasteiger partial charge in [-0.15, -0.1) is 0 Å². The van der Waals surface area contributed by atoms with E-state index in [1.165, 1.54) is 47.6 Å². The van der Waals surface area contributed by atoms with Crippen molar-refractivity contribution in [3.05, 3.63) is 83.9 Å². The van der Waals surface area contributed by atoms with Crippen LogP contribution in [0.25, 0.3) is 0 Å². The van der Waals surface area contributed by atoms with Gasteiger partial charge in [0.2, 0.25) is 0 Å². The van der Waals surface area contributed by atoms with Crippen LogP contribution in [0, 0.1) is 6.92 Å². The summed E-state index contributed by atoms with van der Waals surface area (Å²) in [4.78, 5) is 14.4. The van der Waals surface area contributed by atoms with Crippen molar-refractivity contribution < 1.29 is 17.9 Å². The summed E-state index contributed by atoms with van der Waals surface area (Å²) in [5.41, 5.74) is 2.65. The smallest absolute Gasteiger partial charge is 0.264 e. The summed E-state index contributed by atoms with van der Waals surface area (Å²) < 4.78 is 32.5. The lowest BCUT2D eigenvalue weighted by atomic mass is 10.1. The summed E-state index contributed by atoms with van der Waals surface area (Å²) in [6, 6.07) is 20.4. The number of methoxy groups -OCH3 is 1. The lowest BCUT2D eigenvalue weighted by molar-refractivity contribution is 0.0993. The van der Waals surface area contributed by atoms with Crippen LogP contribution in [0.4, 0.5) is 11.4 Å². The van der Waals surface area contributed by atoms with E-state index in [2.05, 4.69) is 0 Å². The molecule has 0 bridgehead atoms. The molecule has 0 heterocycles. The summed E-state index contributed by atoms with van der Waals surface area (Å²) in [5.74, 6) is 0.234. The number of nitrogens with zero attached hydrogens (tertiary/aromatic N) is 2. The first-order valence-electron chi connectivity index (χ1n) is 9.32. The summed E-state index contributed by atoms with van der Waals surface area (Å²) in [5, 5.41) is 0. The predicted molar refractivity (Wildman–Crippen MR) is 119 cm³/mol. The standard InChI is InChI=1S/C23H24N2O4S/c1-17-8-7-9-19(16-17)24(2)23(26)18-12-14-20(15-13-18)30(27,28)25(3)21-10-5-6-11-22(21)29-4/h5-16H,1-4H3. The fourth-order valence-electron chi connectivity index (χ4n) is 3.09. The molecule has 3 aromatic rings. The van der Waals surface area contributed by atoms with Gasteiger partial charge in [0.25, 0.3) is 15.9 Å². The van der Waals surface area contributed by atoms with Gasteiger partial charge in [-0.3, -0.25) is 9.10 Å². The van der Waals surface area contributed by atoms with Gasteiger partial charge in [-0.05, 0) is 61.0 Å². The van der Waals surface area contributed by atoms with Crippen molar-refractivity contribution in [3.63, 3.8) is 0 Å². The molecule has 3 rings (SSSR count). The molecular formula is C23H24N2O4S. The number of rotatable bonds is 6. The van der Waals surface area contributed by atoms with E-state index in [9.17, 15) is 13.2 Å². The van der Waals surface area contributed by atoms with Gasteiger partial charge < -0.3 is 9.64 Å². The molecule has 1 amide bonds. The number of ether oxygens (including phenoxy) is 1. The number of carbonyl (C=O) groups excluding carboxylic acids is 1. The van der Waals surface area contributed by atoms with E-state index >= 15 is 0 Å². The van der Waals surface area contributed by atoms with Gasteiger partial charge in [-0.1, -0.05) is 24.3 Å². The first-order chi connectivity index (χ1) is 14.3. The van der Waals surface area contributed by atoms with Crippen molar-refractivity contribution in [2.24, 2.45) is 0 Å². The molecule has 0 aromatic heterocycles. The summed E-state index contributed by atoms with van der Waals surface area (Å²) in [7, 11) is 0.836. The number of carbonyl (C=O) groups is 1. The molecule has 0 radical (unpaired) electrons. The first-order valence-corrected chi connectivity index (χ1v) is 10.8.